The highest BCUT2D eigenvalue weighted by molar-refractivity contribution is 5.34. The number of nitrogens with one attached hydrogen (secondary N) is 1. The molecule has 4 heteroatoms. The molecule has 1 unspecified atom stereocenters. The summed E-state index contributed by atoms with van der Waals surface area (Å²) in [5, 5.41) is 3.25. The van der Waals surface area contributed by atoms with Crippen molar-refractivity contribution >= 4 is 5.82 Å². The lowest BCUT2D eigenvalue weighted by molar-refractivity contribution is 0.511. The van der Waals surface area contributed by atoms with Crippen molar-refractivity contribution in [3.05, 3.63) is 18.1 Å². The van der Waals surface area contributed by atoms with Gasteiger partial charge < -0.3 is 11.1 Å². The maximum absolute atomic E-state index is 5.96. The third-order valence-corrected chi connectivity index (χ3v) is 2.61. The second kappa shape index (κ2) is 6.43. The molecule has 0 bridgehead atoms. The van der Waals surface area contributed by atoms with E-state index < -0.39 is 0 Å². The minimum absolute atomic E-state index is 0.157. The van der Waals surface area contributed by atoms with Gasteiger partial charge in [0.25, 0.3) is 0 Å². The summed E-state index contributed by atoms with van der Waals surface area (Å²) in [4.78, 5) is 8.38. The Labute approximate surface area is 97.7 Å². The predicted octanol–water partition coefficient (Wildman–Crippen LogP) is 1.82. The highest BCUT2D eigenvalue weighted by atomic mass is 15.0. The molecule has 0 aliphatic heterocycles. The van der Waals surface area contributed by atoms with Crippen LogP contribution in [0.1, 0.15) is 32.9 Å². The molecule has 16 heavy (non-hydrogen) atoms. The molecule has 0 aliphatic carbocycles. The Morgan fingerprint density at radius 3 is 2.75 bits per heavy atom. The summed E-state index contributed by atoms with van der Waals surface area (Å²) in [6.07, 6.45) is 3.70. The molecule has 4 nitrogen and oxygen atoms in total. The van der Waals surface area contributed by atoms with Gasteiger partial charge in [-0.1, -0.05) is 27.2 Å². The summed E-state index contributed by atoms with van der Waals surface area (Å²) in [5.74, 6) is 1.35. The molecule has 0 amide bonds. The third-order valence-electron chi connectivity index (χ3n) is 2.61. The fourth-order valence-electron chi connectivity index (χ4n) is 1.35. The lowest BCUT2D eigenvalue weighted by Gasteiger charge is -2.16. The Morgan fingerprint density at radius 2 is 2.12 bits per heavy atom. The summed E-state index contributed by atoms with van der Waals surface area (Å²) in [6.45, 7) is 7.13. The van der Waals surface area contributed by atoms with Gasteiger partial charge in [0.15, 0.2) is 0 Å². The zero-order chi connectivity index (χ0) is 12.0. The van der Waals surface area contributed by atoms with E-state index in [9.17, 15) is 0 Å². The van der Waals surface area contributed by atoms with Crippen molar-refractivity contribution in [1.82, 2.24) is 9.97 Å². The average Bonchev–Trinajstić information content (AvgIpc) is 2.26. The maximum Gasteiger partial charge on any atom is 0.129 e. The van der Waals surface area contributed by atoms with Crippen LogP contribution in [0, 0.1) is 5.92 Å². The van der Waals surface area contributed by atoms with Gasteiger partial charge in [-0.3, -0.25) is 0 Å². The van der Waals surface area contributed by atoms with E-state index in [0.29, 0.717) is 5.92 Å². The van der Waals surface area contributed by atoms with Crippen LogP contribution < -0.4 is 11.1 Å². The lowest BCUT2D eigenvalue weighted by atomic mass is 10.1. The highest BCUT2D eigenvalue weighted by Gasteiger charge is 2.07. The SMILES string of the molecule is CCCc1cc(NCC(N)C(C)C)ncn1. The summed E-state index contributed by atoms with van der Waals surface area (Å²) >= 11 is 0. The molecule has 0 radical (unpaired) electrons. The van der Waals surface area contributed by atoms with Crippen LogP contribution in [0.4, 0.5) is 5.82 Å². The first-order chi connectivity index (χ1) is 7.63. The number of anilines is 1. The molecule has 0 spiro atoms. The van der Waals surface area contributed by atoms with E-state index in [4.69, 9.17) is 5.73 Å². The van der Waals surface area contributed by atoms with Crippen molar-refractivity contribution in [2.75, 3.05) is 11.9 Å². The van der Waals surface area contributed by atoms with Gasteiger partial charge >= 0.3 is 0 Å². The van der Waals surface area contributed by atoms with Gasteiger partial charge in [-0.2, -0.15) is 0 Å². The monoisotopic (exact) mass is 222 g/mol. The molecular weight excluding hydrogens is 200 g/mol. The average molecular weight is 222 g/mol. The molecule has 1 aromatic heterocycles. The molecule has 1 heterocycles. The van der Waals surface area contributed by atoms with Crippen LogP contribution in [-0.4, -0.2) is 22.6 Å². The van der Waals surface area contributed by atoms with Crippen molar-refractivity contribution in [1.29, 1.82) is 0 Å². The fourth-order valence-corrected chi connectivity index (χ4v) is 1.35. The van der Waals surface area contributed by atoms with Crippen molar-refractivity contribution in [3.63, 3.8) is 0 Å². The van der Waals surface area contributed by atoms with E-state index in [0.717, 1.165) is 30.9 Å². The van der Waals surface area contributed by atoms with Gasteiger partial charge in [-0.15, -0.1) is 0 Å². The Morgan fingerprint density at radius 1 is 1.38 bits per heavy atom. The molecule has 0 saturated carbocycles. The second-order valence-corrected chi connectivity index (χ2v) is 4.43. The van der Waals surface area contributed by atoms with Crippen LogP contribution in [0.25, 0.3) is 0 Å². The number of nitrogens with two attached hydrogens (primary N) is 1. The lowest BCUT2D eigenvalue weighted by Crippen LogP contribution is -2.34. The van der Waals surface area contributed by atoms with Crippen molar-refractivity contribution in [2.45, 2.75) is 39.7 Å². The van der Waals surface area contributed by atoms with Crippen LogP contribution >= 0.6 is 0 Å². The first kappa shape index (κ1) is 12.9. The van der Waals surface area contributed by atoms with Crippen LogP contribution in [0.2, 0.25) is 0 Å². The Balaban J connectivity index is 2.50. The quantitative estimate of drug-likeness (QED) is 0.770. The zero-order valence-corrected chi connectivity index (χ0v) is 10.4. The van der Waals surface area contributed by atoms with E-state index in [-0.39, 0.29) is 6.04 Å². The third kappa shape index (κ3) is 4.14. The van der Waals surface area contributed by atoms with Gasteiger partial charge in [-0.05, 0) is 12.3 Å². The molecule has 0 aromatic carbocycles. The molecule has 1 atom stereocenters. The van der Waals surface area contributed by atoms with Crippen molar-refractivity contribution < 1.29 is 0 Å². The van der Waals surface area contributed by atoms with E-state index in [1.54, 1.807) is 6.33 Å². The Hall–Kier alpha value is -1.16. The van der Waals surface area contributed by atoms with E-state index in [1.807, 2.05) is 6.07 Å². The molecule has 3 N–H and O–H groups in total. The fraction of sp³-hybridized carbons (Fsp3) is 0.667. The number of hydrogen-bond acceptors (Lipinski definition) is 4. The molecule has 0 aliphatic rings. The first-order valence-electron chi connectivity index (χ1n) is 5.93. The first-order valence-corrected chi connectivity index (χ1v) is 5.93. The second-order valence-electron chi connectivity index (χ2n) is 4.43. The van der Waals surface area contributed by atoms with Gasteiger partial charge in [0.1, 0.15) is 12.1 Å². The van der Waals surface area contributed by atoms with Gasteiger partial charge in [0.05, 0.1) is 0 Å². The zero-order valence-electron chi connectivity index (χ0n) is 10.4. The van der Waals surface area contributed by atoms with Gasteiger partial charge in [0, 0.05) is 24.3 Å². The molecule has 0 fully saturated rings. The highest BCUT2D eigenvalue weighted by Crippen LogP contribution is 2.07. The molecule has 1 aromatic rings. The topological polar surface area (TPSA) is 63.8 Å². The van der Waals surface area contributed by atoms with Crippen molar-refractivity contribution in [3.8, 4) is 0 Å². The largest absolute Gasteiger partial charge is 0.368 e. The molecule has 0 saturated heterocycles. The maximum atomic E-state index is 5.96. The summed E-state index contributed by atoms with van der Waals surface area (Å²) < 4.78 is 0. The molecular formula is C12H22N4. The Bertz CT molecular complexity index is 312. The number of aryl methyl sites for hydroxylation is 1. The van der Waals surface area contributed by atoms with E-state index >= 15 is 0 Å². The number of aromatic nitrogens is 2. The van der Waals surface area contributed by atoms with Crippen LogP contribution in [0.15, 0.2) is 12.4 Å². The predicted molar refractivity (Wildman–Crippen MR) is 67.3 cm³/mol. The molecule has 1 rings (SSSR count). The smallest absolute Gasteiger partial charge is 0.129 e. The minimum Gasteiger partial charge on any atom is -0.368 e. The normalized spacial score (nSPS) is 12.8. The van der Waals surface area contributed by atoms with Gasteiger partial charge in [0.2, 0.25) is 0 Å². The van der Waals surface area contributed by atoms with Crippen molar-refractivity contribution in [2.24, 2.45) is 11.7 Å². The van der Waals surface area contributed by atoms with E-state index in [2.05, 4.69) is 36.1 Å². The van der Waals surface area contributed by atoms with Gasteiger partial charge in [-0.25, -0.2) is 9.97 Å². The number of nitrogens with zero attached hydrogens (tertiary/aromatic N) is 2. The summed E-state index contributed by atoms with van der Waals surface area (Å²) in [5.41, 5.74) is 7.04. The molecule has 90 valence electrons. The number of rotatable bonds is 6. The summed E-state index contributed by atoms with van der Waals surface area (Å²) in [6, 6.07) is 2.15. The Kier molecular flexibility index (Phi) is 5.19. The van der Waals surface area contributed by atoms with Crippen LogP contribution in [0.5, 0.6) is 0 Å². The van der Waals surface area contributed by atoms with Crippen LogP contribution in [-0.2, 0) is 6.42 Å². The standard InChI is InChI=1S/C12H22N4/c1-4-5-10-6-12(16-8-15-10)14-7-11(13)9(2)3/h6,8-9,11H,4-5,7,13H2,1-3H3,(H,14,15,16). The minimum atomic E-state index is 0.157. The van der Waals surface area contributed by atoms with E-state index in [1.165, 1.54) is 0 Å². The van der Waals surface area contributed by atoms with Crippen LogP contribution in [0.3, 0.4) is 0 Å². The number of hydrogen-bond donors (Lipinski definition) is 2. The summed E-state index contributed by atoms with van der Waals surface area (Å²) in [7, 11) is 0.